The van der Waals surface area contributed by atoms with Crippen LogP contribution in [0.5, 0.6) is 5.75 Å². The Morgan fingerprint density at radius 3 is 2.50 bits per heavy atom. The largest absolute Gasteiger partial charge is 0.496 e. The zero-order chi connectivity index (χ0) is 28.3. The van der Waals surface area contributed by atoms with Crippen molar-refractivity contribution in [2.75, 3.05) is 12.4 Å². The number of ether oxygens (including phenoxy) is 1. The molecule has 5 rings (SSSR count). The lowest BCUT2D eigenvalue weighted by molar-refractivity contribution is -0.117. The van der Waals surface area contributed by atoms with Crippen LogP contribution in [0.3, 0.4) is 0 Å². The van der Waals surface area contributed by atoms with Crippen molar-refractivity contribution >= 4 is 50.0 Å². The second-order valence-electron chi connectivity index (χ2n) is 10.0. The van der Waals surface area contributed by atoms with Crippen LogP contribution in [0.4, 0.5) is 5.69 Å². The van der Waals surface area contributed by atoms with Crippen LogP contribution in [0.1, 0.15) is 48.0 Å². The number of anilines is 1. The molecule has 0 spiro atoms. The summed E-state index contributed by atoms with van der Waals surface area (Å²) < 4.78 is 34.8. The van der Waals surface area contributed by atoms with Crippen molar-refractivity contribution in [1.82, 2.24) is 9.29 Å². The third-order valence-electron chi connectivity index (χ3n) is 7.24. The van der Waals surface area contributed by atoms with Crippen molar-refractivity contribution in [2.45, 2.75) is 43.5 Å². The van der Waals surface area contributed by atoms with Gasteiger partial charge in [0.25, 0.3) is 15.9 Å². The number of rotatable bonds is 9. The Labute approximate surface area is 238 Å². The van der Waals surface area contributed by atoms with Gasteiger partial charge >= 0.3 is 0 Å². The number of methoxy groups -OCH3 is 1. The molecule has 2 amide bonds. The number of carbonyl (C=O) groups is 2. The van der Waals surface area contributed by atoms with Gasteiger partial charge in [0.15, 0.2) is 0 Å². The van der Waals surface area contributed by atoms with Crippen molar-refractivity contribution in [3.63, 3.8) is 0 Å². The summed E-state index contributed by atoms with van der Waals surface area (Å²) in [7, 11) is -2.53. The molecule has 8 nitrogen and oxygen atoms in total. The van der Waals surface area contributed by atoms with Crippen molar-refractivity contribution in [3.05, 3.63) is 89.1 Å². The van der Waals surface area contributed by atoms with Gasteiger partial charge in [-0.3, -0.25) is 9.59 Å². The fourth-order valence-corrected chi connectivity index (χ4v) is 6.46. The number of nitrogens with zero attached hydrogens (tertiary/aromatic N) is 1. The standard InChI is InChI=1S/C30H30ClN3O5S/c1-39-28-16-21(30(36)33-40(37,38)24-9-3-2-4-10-24)11-12-22(28)18-34-19-26(31)25-14-13-23(17-27(25)34)32-29(35)15-20-7-5-6-8-20/h2-4,9-14,16-17,19-20H,5-8,15,18H2,1H3,(H,32,35)(H,33,36). The predicted octanol–water partition coefficient (Wildman–Crippen LogP) is 5.99. The van der Waals surface area contributed by atoms with Gasteiger partial charge in [0, 0.05) is 34.8 Å². The Bertz CT molecular complexity index is 1660. The third-order valence-corrected chi connectivity index (χ3v) is 8.88. The summed E-state index contributed by atoms with van der Waals surface area (Å²) in [5, 5.41) is 4.43. The lowest BCUT2D eigenvalue weighted by Crippen LogP contribution is -2.30. The number of nitrogens with one attached hydrogen (secondary N) is 2. The second-order valence-corrected chi connectivity index (χ2v) is 12.1. The molecule has 10 heteroatoms. The van der Waals surface area contributed by atoms with Crippen LogP contribution >= 0.6 is 11.6 Å². The minimum atomic E-state index is -4.02. The number of aromatic nitrogens is 1. The molecule has 0 bridgehead atoms. The highest BCUT2D eigenvalue weighted by molar-refractivity contribution is 7.90. The van der Waals surface area contributed by atoms with E-state index in [0.29, 0.717) is 35.3 Å². The molecular weight excluding hydrogens is 550 g/mol. The van der Waals surface area contributed by atoms with E-state index in [1.807, 2.05) is 29.0 Å². The Balaban J connectivity index is 1.35. The maximum atomic E-state index is 12.8. The Kier molecular flexibility index (Phi) is 8.14. The number of benzene rings is 3. The van der Waals surface area contributed by atoms with Gasteiger partial charge in [0.2, 0.25) is 5.91 Å². The van der Waals surface area contributed by atoms with Gasteiger partial charge in [0.05, 0.1) is 29.1 Å². The Morgan fingerprint density at radius 2 is 1.77 bits per heavy atom. The van der Waals surface area contributed by atoms with Crippen LogP contribution in [0.25, 0.3) is 10.9 Å². The van der Waals surface area contributed by atoms with Gasteiger partial charge in [-0.05, 0) is 61.2 Å². The van der Waals surface area contributed by atoms with Gasteiger partial charge in [0.1, 0.15) is 5.75 Å². The van der Waals surface area contributed by atoms with Crippen molar-refractivity contribution in [3.8, 4) is 5.75 Å². The van der Waals surface area contributed by atoms with E-state index in [2.05, 4.69) is 10.0 Å². The molecule has 40 heavy (non-hydrogen) atoms. The molecule has 1 aromatic heterocycles. The summed E-state index contributed by atoms with van der Waals surface area (Å²) in [6.07, 6.45) is 6.94. The van der Waals surface area contributed by atoms with Crippen LogP contribution in [0, 0.1) is 5.92 Å². The van der Waals surface area contributed by atoms with Gasteiger partial charge in [-0.2, -0.15) is 0 Å². The van der Waals surface area contributed by atoms with E-state index in [-0.39, 0.29) is 16.4 Å². The molecule has 3 aromatic carbocycles. The summed E-state index contributed by atoms with van der Waals surface area (Å²) in [6, 6.07) is 18.1. The summed E-state index contributed by atoms with van der Waals surface area (Å²) >= 11 is 6.52. The first-order valence-corrected chi connectivity index (χ1v) is 15.0. The van der Waals surface area contributed by atoms with Gasteiger partial charge < -0.3 is 14.6 Å². The molecule has 1 heterocycles. The average Bonchev–Trinajstić information content (AvgIpc) is 3.56. The highest BCUT2D eigenvalue weighted by atomic mass is 35.5. The van der Waals surface area contributed by atoms with E-state index >= 15 is 0 Å². The Morgan fingerprint density at radius 1 is 1.02 bits per heavy atom. The molecule has 1 fully saturated rings. The lowest BCUT2D eigenvalue weighted by atomic mass is 10.0. The first kappa shape index (κ1) is 27.7. The summed E-state index contributed by atoms with van der Waals surface area (Å²) in [5.74, 6) is 0.128. The number of hydrogen-bond acceptors (Lipinski definition) is 5. The molecule has 2 N–H and O–H groups in total. The number of fused-ring (bicyclic) bond motifs is 1. The topological polar surface area (TPSA) is 106 Å². The van der Waals surface area contributed by atoms with E-state index in [0.717, 1.165) is 29.3 Å². The van der Waals surface area contributed by atoms with E-state index < -0.39 is 15.9 Å². The lowest BCUT2D eigenvalue weighted by Gasteiger charge is -2.13. The van der Waals surface area contributed by atoms with Gasteiger partial charge in [-0.1, -0.05) is 48.7 Å². The second kappa shape index (κ2) is 11.7. The van der Waals surface area contributed by atoms with Crippen molar-refractivity contribution < 1.29 is 22.7 Å². The minimum Gasteiger partial charge on any atom is -0.496 e. The van der Waals surface area contributed by atoms with Crippen LogP contribution in [0.15, 0.2) is 77.8 Å². The minimum absolute atomic E-state index is 0.00241. The summed E-state index contributed by atoms with van der Waals surface area (Å²) in [5.41, 5.74) is 2.43. The first-order chi connectivity index (χ1) is 19.2. The fraction of sp³-hybridized carbons (Fsp3) is 0.267. The van der Waals surface area contributed by atoms with Crippen LogP contribution in [-0.4, -0.2) is 31.9 Å². The molecule has 1 aliphatic rings. The number of hydrogen-bond donors (Lipinski definition) is 2. The zero-order valence-corrected chi connectivity index (χ0v) is 23.6. The number of sulfonamides is 1. The molecule has 0 saturated heterocycles. The van der Waals surface area contributed by atoms with Crippen molar-refractivity contribution in [1.29, 1.82) is 0 Å². The fourth-order valence-electron chi connectivity index (χ4n) is 5.18. The van der Waals surface area contributed by atoms with Gasteiger partial charge in [-0.25, -0.2) is 13.1 Å². The van der Waals surface area contributed by atoms with Crippen LogP contribution in [-0.2, 0) is 21.4 Å². The summed E-state index contributed by atoms with van der Waals surface area (Å²) in [6.45, 7) is 0.371. The Hall–Kier alpha value is -3.82. The molecular formula is C30H30ClN3O5S. The van der Waals surface area contributed by atoms with Gasteiger partial charge in [-0.15, -0.1) is 0 Å². The zero-order valence-electron chi connectivity index (χ0n) is 22.0. The summed E-state index contributed by atoms with van der Waals surface area (Å²) in [4.78, 5) is 25.4. The third kappa shape index (κ3) is 6.16. The van der Waals surface area contributed by atoms with Crippen LogP contribution in [0.2, 0.25) is 5.02 Å². The molecule has 0 radical (unpaired) electrons. The SMILES string of the molecule is COc1cc(C(=O)NS(=O)(=O)c2ccccc2)ccc1Cn1cc(Cl)c2ccc(NC(=O)CC3CCCC3)cc21. The maximum absolute atomic E-state index is 12.8. The highest BCUT2D eigenvalue weighted by Crippen LogP contribution is 2.32. The van der Waals surface area contributed by atoms with Crippen LogP contribution < -0.4 is 14.8 Å². The molecule has 4 aromatic rings. The molecule has 0 atom stereocenters. The predicted molar refractivity (Wildman–Crippen MR) is 155 cm³/mol. The molecule has 0 aliphatic heterocycles. The first-order valence-electron chi connectivity index (χ1n) is 13.1. The van der Waals surface area contributed by atoms with E-state index in [9.17, 15) is 18.0 Å². The molecule has 0 unspecified atom stereocenters. The number of halogens is 1. The van der Waals surface area contributed by atoms with E-state index in [1.54, 1.807) is 30.3 Å². The van der Waals surface area contributed by atoms with Crippen molar-refractivity contribution in [2.24, 2.45) is 5.92 Å². The molecule has 1 aliphatic carbocycles. The van der Waals surface area contributed by atoms with E-state index in [4.69, 9.17) is 16.3 Å². The normalized spacial score (nSPS) is 13.8. The van der Waals surface area contributed by atoms with E-state index in [1.165, 1.54) is 38.2 Å². The smallest absolute Gasteiger partial charge is 0.265 e. The monoisotopic (exact) mass is 579 g/mol. The highest BCUT2D eigenvalue weighted by Gasteiger charge is 2.21. The number of carbonyl (C=O) groups excluding carboxylic acids is 2. The maximum Gasteiger partial charge on any atom is 0.265 e. The molecule has 1 saturated carbocycles. The average molecular weight is 580 g/mol. The quantitative estimate of drug-likeness (QED) is 0.253. The molecule has 208 valence electrons. The number of amides is 2.